The summed E-state index contributed by atoms with van der Waals surface area (Å²) in [5, 5.41) is 0.685. The SMILES string of the molecule is Cc1cc(N2CC3(CN4CCC3CC4)OC2N)ncc1Cl. The first kappa shape index (κ1) is 13.8. The van der Waals surface area contributed by atoms with Gasteiger partial charge in [-0.1, -0.05) is 11.6 Å². The van der Waals surface area contributed by atoms with Crippen LogP contribution in [0.2, 0.25) is 5.02 Å². The van der Waals surface area contributed by atoms with Gasteiger partial charge in [-0.05, 0) is 50.4 Å². The van der Waals surface area contributed by atoms with Crippen molar-refractivity contribution in [3.05, 3.63) is 22.8 Å². The highest BCUT2D eigenvalue weighted by atomic mass is 35.5. The zero-order valence-electron chi connectivity index (χ0n) is 12.3. The van der Waals surface area contributed by atoms with Crippen molar-refractivity contribution in [1.82, 2.24) is 9.88 Å². The van der Waals surface area contributed by atoms with Gasteiger partial charge in [0.05, 0.1) is 11.6 Å². The second kappa shape index (κ2) is 4.81. The topological polar surface area (TPSA) is 54.6 Å². The second-order valence-electron chi connectivity index (χ2n) is 6.54. The molecule has 1 aromatic heterocycles. The molecule has 2 N–H and O–H groups in total. The number of rotatable bonds is 1. The first-order valence-corrected chi connectivity index (χ1v) is 8.00. The van der Waals surface area contributed by atoms with Crippen LogP contribution in [-0.2, 0) is 4.74 Å². The van der Waals surface area contributed by atoms with Gasteiger partial charge in [0.25, 0.3) is 0 Å². The van der Waals surface area contributed by atoms with Crippen LogP contribution in [0, 0.1) is 12.8 Å². The van der Waals surface area contributed by atoms with E-state index in [-0.39, 0.29) is 5.60 Å². The number of aromatic nitrogens is 1. The minimum absolute atomic E-state index is 0.120. The molecule has 2 atom stereocenters. The Morgan fingerprint density at radius 2 is 2.14 bits per heavy atom. The Labute approximate surface area is 130 Å². The zero-order chi connectivity index (χ0) is 14.6. The Bertz CT molecular complexity index is 561. The molecular weight excluding hydrogens is 288 g/mol. The van der Waals surface area contributed by atoms with Crippen LogP contribution in [0.5, 0.6) is 0 Å². The predicted octanol–water partition coefficient (Wildman–Crippen LogP) is 1.59. The van der Waals surface area contributed by atoms with Crippen molar-refractivity contribution < 1.29 is 4.74 Å². The van der Waals surface area contributed by atoms with E-state index in [9.17, 15) is 0 Å². The quantitative estimate of drug-likeness (QED) is 0.854. The van der Waals surface area contributed by atoms with Crippen LogP contribution in [-0.4, -0.2) is 48.0 Å². The summed E-state index contributed by atoms with van der Waals surface area (Å²) in [6, 6.07) is 1.99. The molecule has 0 aliphatic carbocycles. The number of nitrogens with two attached hydrogens (primary N) is 1. The van der Waals surface area contributed by atoms with E-state index in [1.54, 1.807) is 6.20 Å². The number of ether oxygens (including phenoxy) is 1. The normalized spacial score (nSPS) is 38.4. The molecule has 2 bridgehead atoms. The maximum absolute atomic E-state index is 6.25. The second-order valence-corrected chi connectivity index (χ2v) is 6.95. The number of fused-ring (bicyclic) bond motifs is 2. The van der Waals surface area contributed by atoms with Gasteiger partial charge < -0.3 is 14.5 Å². The number of aryl methyl sites for hydroxylation is 1. The molecule has 4 saturated heterocycles. The van der Waals surface area contributed by atoms with Crippen molar-refractivity contribution in [2.45, 2.75) is 31.7 Å². The number of hydrogen-bond acceptors (Lipinski definition) is 5. The summed E-state index contributed by atoms with van der Waals surface area (Å²) in [5.74, 6) is 1.48. The lowest BCUT2D eigenvalue weighted by Crippen LogP contribution is -2.61. The van der Waals surface area contributed by atoms with E-state index in [0.717, 1.165) is 24.5 Å². The highest BCUT2D eigenvalue weighted by Gasteiger charge is 2.54. The largest absolute Gasteiger partial charge is 0.335 e. The molecule has 0 radical (unpaired) electrons. The molecule has 4 aliphatic heterocycles. The van der Waals surface area contributed by atoms with Gasteiger partial charge in [0.2, 0.25) is 0 Å². The first-order valence-electron chi connectivity index (χ1n) is 7.62. The summed E-state index contributed by atoms with van der Waals surface area (Å²) in [6.45, 7) is 6.20. The molecule has 2 unspecified atom stereocenters. The van der Waals surface area contributed by atoms with Gasteiger partial charge in [-0.2, -0.15) is 0 Å². The molecule has 0 amide bonds. The molecule has 4 fully saturated rings. The number of piperidine rings is 3. The van der Waals surface area contributed by atoms with Crippen LogP contribution in [0.3, 0.4) is 0 Å². The maximum atomic E-state index is 6.25. The summed E-state index contributed by atoms with van der Waals surface area (Å²) >= 11 is 6.07. The third-order valence-electron chi connectivity index (χ3n) is 5.25. The minimum atomic E-state index is -0.418. The molecule has 21 heavy (non-hydrogen) atoms. The fourth-order valence-corrected chi connectivity index (χ4v) is 4.15. The lowest BCUT2D eigenvalue weighted by molar-refractivity contribution is -0.137. The van der Waals surface area contributed by atoms with Crippen molar-refractivity contribution >= 4 is 17.4 Å². The third kappa shape index (κ3) is 2.14. The van der Waals surface area contributed by atoms with E-state index in [2.05, 4.69) is 14.8 Å². The Balaban J connectivity index is 1.62. The van der Waals surface area contributed by atoms with Crippen LogP contribution in [0.15, 0.2) is 12.3 Å². The molecule has 0 saturated carbocycles. The van der Waals surface area contributed by atoms with Crippen LogP contribution in [0.1, 0.15) is 18.4 Å². The zero-order valence-corrected chi connectivity index (χ0v) is 13.0. The van der Waals surface area contributed by atoms with Gasteiger partial charge in [0.1, 0.15) is 11.4 Å². The van der Waals surface area contributed by atoms with Gasteiger partial charge in [0.15, 0.2) is 6.35 Å². The van der Waals surface area contributed by atoms with E-state index in [1.165, 1.54) is 25.9 Å². The van der Waals surface area contributed by atoms with E-state index in [1.807, 2.05) is 13.0 Å². The van der Waals surface area contributed by atoms with Crippen LogP contribution >= 0.6 is 11.6 Å². The summed E-state index contributed by atoms with van der Waals surface area (Å²) < 4.78 is 6.25. The first-order chi connectivity index (χ1) is 10.1. The van der Waals surface area contributed by atoms with E-state index in [4.69, 9.17) is 22.1 Å². The number of nitrogens with zero attached hydrogens (tertiary/aromatic N) is 3. The molecule has 0 aromatic carbocycles. The van der Waals surface area contributed by atoms with E-state index >= 15 is 0 Å². The molecule has 5 nitrogen and oxygen atoms in total. The molecule has 1 spiro atoms. The fraction of sp³-hybridized carbons (Fsp3) is 0.667. The van der Waals surface area contributed by atoms with Crippen LogP contribution in [0.4, 0.5) is 5.82 Å². The van der Waals surface area contributed by atoms with Gasteiger partial charge in [-0.15, -0.1) is 0 Å². The predicted molar refractivity (Wildman–Crippen MR) is 82.3 cm³/mol. The molecule has 1 aromatic rings. The molecule has 6 heteroatoms. The lowest BCUT2D eigenvalue weighted by Gasteiger charge is -2.50. The number of halogens is 1. The summed E-state index contributed by atoms with van der Waals surface area (Å²) in [7, 11) is 0. The highest BCUT2D eigenvalue weighted by molar-refractivity contribution is 6.31. The number of hydrogen-bond donors (Lipinski definition) is 1. The summed E-state index contributed by atoms with van der Waals surface area (Å²) in [5.41, 5.74) is 7.15. The van der Waals surface area contributed by atoms with Gasteiger partial charge in [-0.3, -0.25) is 5.73 Å². The average molecular weight is 309 g/mol. The fourth-order valence-electron chi connectivity index (χ4n) is 4.05. The summed E-state index contributed by atoms with van der Waals surface area (Å²) in [4.78, 5) is 9.00. The monoisotopic (exact) mass is 308 g/mol. The lowest BCUT2D eigenvalue weighted by atomic mass is 9.75. The standard InChI is InChI=1S/C15H21ClN4O/c1-10-6-13(18-7-12(10)16)20-9-15(21-14(20)17)8-19-4-2-11(15)3-5-19/h6-7,11,14H,2-5,8-9,17H2,1H3. The van der Waals surface area contributed by atoms with Gasteiger partial charge in [0, 0.05) is 12.7 Å². The van der Waals surface area contributed by atoms with Crippen molar-refractivity contribution in [3.8, 4) is 0 Å². The Hall–Kier alpha value is -0.880. The van der Waals surface area contributed by atoms with Crippen molar-refractivity contribution in [2.24, 2.45) is 11.7 Å². The smallest absolute Gasteiger partial charge is 0.186 e. The molecule has 4 aliphatic rings. The van der Waals surface area contributed by atoms with Crippen molar-refractivity contribution in [3.63, 3.8) is 0 Å². The van der Waals surface area contributed by atoms with E-state index in [0.29, 0.717) is 10.9 Å². The molecular formula is C15H21ClN4O. The molecule has 5 rings (SSSR count). The van der Waals surface area contributed by atoms with E-state index < -0.39 is 6.35 Å². The van der Waals surface area contributed by atoms with Gasteiger partial charge in [-0.25, -0.2) is 4.98 Å². The molecule has 114 valence electrons. The highest BCUT2D eigenvalue weighted by Crippen LogP contribution is 2.43. The van der Waals surface area contributed by atoms with Gasteiger partial charge >= 0.3 is 0 Å². The maximum Gasteiger partial charge on any atom is 0.186 e. The Morgan fingerprint density at radius 1 is 1.38 bits per heavy atom. The van der Waals surface area contributed by atoms with Crippen LogP contribution in [0.25, 0.3) is 0 Å². The van der Waals surface area contributed by atoms with Crippen molar-refractivity contribution in [2.75, 3.05) is 31.1 Å². The Kier molecular flexibility index (Phi) is 3.15. The number of pyridine rings is 1. The Morgan fingerprint density at radius 3 is 2.76 bits per heavy atom. The average Bonchev–Trinajstić information content (AvgIpc) is 2.79. The van der Waals surface area contributed by atoms with Crippen molar-refractivity contribution in [1.29, 1.82) is 0 Å². The summed E-state index contributed by atoms with van der Waals surface area (Å²) in [6.07, 6.45) is 3.71. The van der Waals surface area contributed by atoms with Crippen LogP contribution < -0.4 is 10.6 Å². The third-order valence-corrected chi connectivity index (χ3v) is 5.65. The number of anilines is 1. The molecule has 5 heterocycles. The minimum Gasteiger partial charge on any atom is -0.335 e.